The van der Waals surface area contributed by atoms with E-state index in [1.54, 1.807) is 24.3 Å². The lowest BCUT2D eigenvalue weighted by Crippen LogP contribution is -2.16. The molecule has 0 spiro atoms. The predicted octanol–water partition coefficient (Wildman–Crippen LogP) is 4.66. The Balaban J connectivity index is 2.02. The van der Waals surface area contributed by atoms with Gasteiger partial charge in [-0.25, -0.2) is 4.98 Å². The molecular formula is C28H28N4O6. The highest BCUT2D eigenvalue weighted by atomic mass is 16.5. The Morgan fingerprint density at radius 1 is 1.03 bits per heavy atom. The number of hydrogen-bond donors (Lipinski definition) is 6. The van der Waals surface area contributed by atoms with Gasteiger partial charge in [0.25, 0.3) is 0 Å². The second-order valence-electron chi connectivity index (χ2n) is 9.30. The molecule has 0 aliphatic carbocycles. The normalized spacial score (nSPS) is 12.0. The van der Waals surface area contributed by atoms with Crippen LogP contribution in [0, 0.1) is 5.41 Å². The lowest BCUT2D eigenvalue weighted by molar-refractivity contribution is -0.145. The number of H-pyrrole nitrogens is 1. The van der Waals surface area contributed by atoms with Crippen molar-refractivity contribution in [2.24, 2.45) is 5.73 Å². The van der Waals surface area contributed by atoms with Crippen molar-refractivity contribution < 1.29 is 29.6 Å². The summed E-state index contributed by atoms with van der Waals surface area (Å²) in [6, 6.07) is 13.4. The fraction of sp³-hybridized carbons (Fsp3) is 0.214. The van der Waals surface area contributed by atoms with Crippen molar-refractivity contribution in [1.82, 2.24) is 9.97 Å². The molecule has 196 valence electrons. The number of benzene rings is 3. The molecule has 3 aromatic carbocycles. The van der Waals surface area contributed by atoms with Crippen LogP contribution in [0.2, 0.25) is 0 Å². The smallest absolute Gasteiger partial charge is 0.311 e. The number of rotatable bonds is 9. The van der Waals surface area contributed by atoms with Gasteiger partial charge in [-0.1, -0.05) is 19.9 Å². The van der Waals surface area contributed by atoms with Crippen molar-refractivity contribution in [3.05, 3.63) is 65.2 Å². The van der Waals surface area contributed by atoms with Crippen molar-refractivity contribution in [2.45, 2.75) is 32.1 Å². The van der Waals surface area contributed by atoms with Crippen LogP contribution in [-0.4, -0.2) is 50.2 Å². The van der Waals surface area contributed by atoms with Crippen LogP contribution in [0.5, 0.6) is 11.5 Å². The minimum Gasteiger partial charge on any atom is -0.507 e. The number of aliphatic carboxylic acids is 2. The lowest BCUT2D eigenvalue weighted by Gasteiger charge is -2.19. The number of methoxy groups -OCH3 is 1. The molecule has 1 aromatic heterocycles. The van der Waals surface area contributed by atoms with Gasteiger partial charge in [0, 0.05) is 16.7 Å². The summed E-state index contributed by atoms with van der Waals surface area (Å²) in [6.07, 6.45) is -0.649. The maximum absolute atomic E-state index is 12.1. The van der Waals surface area contributed by atoms with E-state index in [0.717, 1.165) is 5.56 Å². The van der Waals surface area contributed by atoms with Crippen LogP contribution >= 0.6 is 0 Å². The van der Waals surface area contributed by atoms with Gasteiger partial charge in [0.1, 0.15) is 23.2 Å². The van der Waals surface area contributed by atoms with E-state index in [9.17, 15) is 24.9 Å². The molecule has 0 saturated carbocycles. The van der Waals surface area contributed by atoms with Gasteiger partial charge in [-0.15, -0.1) is 0 Å². The molecule has 7 N–H and O–H groups in total. The molecule has 0 fully saturated rings. The van der Waals surface area contributed by atoms with E-state index in [0.29, 0.717) is 27.9 Å². The highest BCUT2D eigenvalue weighted by Gasteiger charge is 2.27. The van der Waals surface area contributed by atoms with Crippen LogP contribution in [0.3, 0.4) is 0 Å². The van der Waals surface area contributed by atoms with Crippen LogP contribution in [0.4, 0.5) is 0 Å². The number of phenolic OH excluding ortho intramolecular Hbond substituents is 1. The number of carbonyl (C=O) groups is 2. The Morgan fingerprint density at radius 3 is 2.32 bits per heavy atom. The first-order chi connectivity index (χ1) is 18.0. The number of aromatic amines is 1. The number of ether oxygens (including phenoxy) is 1. The molecule has 4 aromatic rings. The molecule has 4 rings (SSSR count). The first-order valence-corrected chi connectivity index (χ1v) is 11.8. The largest absolute Gasteiger partial charge is 0.507 e. The first-order valence-electron chi connectivity index (χ1n) is 11.8. The minimum atomic E-state index is -1.38. The zero-order valence-electron chi connectivity index (χ0n) is 21.1. The van der Waals surface area contributed by atoms with Crippen LogP contribution in [0.1, 0.15) is 48.8 Å². The van der Waals surface area contributed by atoms with Crippen LogP contribution in [0.15, 0.2) is 48.5 Å². The number of nitrogen functional groups attached to an aromatic ring is 1. The number of phenols is 1. The molecule has 38 heavy (non-hydrogen) atoms. The number of amidine groups is 1. The zero-order valence-corrected chi connectivity index (χ0v) is 21.1. The van der Waals surface area contributed by atoms with Gasteiger partial charge in [0.15, 0.2) is 0 Å². The fourth-order valence-corrected chi connectivity index (χ4v) is 4.36. The van der Waals surface area contributed by atoms with Crippen molar-refractivity contribution in [1.29, 1.82) is 5.41 Å². The van der Waals surface area contributed by atoms with Gasteiger partial charge in [-0.2, -0.15) is 0 Å². The third-order valence-electron chi connectivity index (χ3n) is 6.44. The van der Waals surface area contributed by atoms with Gasteiger partial charge in [-0.05, 0) is 59.5 Å². The van der Waals surface area contributed by atoms with Crippen molar-refractivity contribution >= 4 is 28.8 Å². The monoisotopic (exact) mass is 516 g/mol. The molecule has 0 saturated heterocycles. The van der Waals surface area contributed by atoms with Crippen LogP contribution in [0.25, 0.3) is 33.5 Å². The third-order valence-corrected chi connectivity index (χ3v) is 6.44. The number of imidazole rings is 1. The number of aromatic nitrogens is 2. The Kier molecular flexibility index (Phi) is 7.07. The van der Waals surface area contributed by atoms with Crippen LogP contribution < -0.4 is 10.5 Å². The van der Waals surface area contributed by atoms with Gasteiger partial charge >= 0.3 is 11.9 Å². The molecule has 0 aliphatic rings. The van der Waals surface area contributed by atoms with Gasteiger partial charge < -0.3 is 30.8 Å². The molecule has 0 bridgehead atoms. The van der Waals surface area contributed by atoms with Crippen molar-refractivity contribution in [2.75, 3.05) is 7.11 Å². The summed E-state index contributed by atoms with van der Waals surface area (Å²) in [5.41, 5.74) is 9.30. The fourth-order valence-electron chi connectivity index (χ4n) is 4.36. The summed E-state index contributed by atoms with van der Waals surface area (Å²) in [4.78, 5) is 31.3. The topological polar surface area (TPSA) is 183 Å². The number of carboxylic acid groups (broad SMARTS) is 2. The highest BCUT2D eigenvalue weighted by molar-refractivity contribution is 5.98. The average Bonchev–Trinajstić information content (AvgIpc) is 3.30. The number of nitrogens with two attached hydrogens (primary N) is 1. The molecule has 10 heteroatoms. The number of fused-ring (bicyclic) bond motifs is 1. The molecular weight excluding hydrogens is 488 g/mol. The quantitative estimate of drug-likeness (QED) is 0.137. The number of carboxylic acids is 2. The minimum absolute atomic E-state index is 0.126. The van der Waals surface area contributed by atoms with Crippen molar-refractivity contribution in [3.8, 4) is 34.0 Å². The van der Waals surface area contributed by atoms with E-state index in [1.165, 1.54) is 19.2 Å². The second-order valence-corrected chi connectivity index (χ2v) is 9.30. The Morgan fingerprint density at radius 2 is 1.71 bits per heavy atom. The Bertz CT molecular complexity index is 1570. The lowest BCUT2D eigenvalue weighted by atomic mass is 9.88. The SMILES string of the molecule is COc1ccc(C(C)C)cc1-c1cc(C(CC(=O)O)C(=O)O)cc(-c2nc3cc(C(=N)N)ccc3[nH]2)c1O. The maximum Gasteiger partial charge on any atom is 0.311 e. The summed E-state index contributed by atoms with van der Waals surface area (Å²) in [5, 5.41) is 38.5. The third kappa shape index (κ3) is 5.01. The summed E-state index contributed by atoms with van der Waals surface area (Å²) < 4.78 is 5.55. The second kappa shape index (κ2) is 10.3. The molecule has 0 radical (unpaired) electrons. The number of aromatic hydroxyl groups is 1. The summed E-state index contributed by atoms with van der Waals surface area (Å²) >= 11 is 0. The Labute approximate surface area is 218 Å². The molecule has 0 aliphatic heterocycles. The molecule has 10 nitrogen and oxygen atoms in total. The zero-order chi connectivity index (χ0) is 27.7. The van der Waals surface area contributed by atoms with E-state index in [4.69, 9.17) is 15.9 Å². The standard InChI is InChI=1S/C28H28N4O6/c1-13(2)14-5-7-23(38-3)18(8-14)19-9-16(17(28(36)37)12-24(33)34)10-20(25(19)35)27-31-21-6-4-15(26(29)30)11-22(21)32-27/h4-11,13,17,35H,12H2,1-3H3,(H3,29,30)(H,31,32)(H,33,34)(H,36,37). The van der Waals surface area contributed by atoms with Gasteiger partial charge in [-0.3, -0.25) is 15.0 Å². The summed E-state index contributed by atoms with van der Waals surface area (Å²) in [6.45, 7) is 4.04. The average molecular weight is 517 g/mol. The van der Waals surface area contributed by atoms with Gasteiger partial charge in [0.2, 0.25) is 0 Å². The predicted molar refractivity (Wildman–Crippen MR) is 143 cm³/mol. The van der Waals surface area contributed by atoms with E-state index in [1.807, 2.05) is 26.0 Å². The molecule has 1 heterocycles. The van der Waals surface area contributed by atoms with Crippen LogP contribution in [-0.2, 0) is 9.59 Å². The van der Waals surface area contributed by atoms with E-state index in [-0.39, 0.29) is 40.0 Å². The number of nitrogens with one attached hydrogen (secondary N) is 2. The number of hydrogen-bond acceptors (Lipinski definition) is 6. The highest BCUT2D eigenvalue weighted by Crippen LogP contribution is 2.44. The van der Waals surface area contributed by atoms with E-state index >= 15 is 0 Å². The maximum atomic E-state index is 12.1. The summed E-state index contributed by atoms with van der Waals surface area (Å²) in [5.74, 6) is -3.42. The first kappa shape index (κ1) is 26.2. The van der Waals surface area contributed by atoms with E-state index in [2.05, 4.69) is 9.97 Å². The van der Waals surface area contributed by atoms with Crippen molar-refractivity contribution in [3.63, 3.8) is 0 Å². The molecule has 1 unspecified atom stereocenters. The molecule has 0 amide bonds. The van der Waals surface area contributed by atoms with E-state index < -0.39 is 24.3 Å². The Hall–Kier alpha value is -4.86. The number of nitrogens with zero attached hydrogens (tertiary/aromatic N) is 1. The molecule has 1 atom stereocenters. The summed E-state index contributed by atoms with van der Waals surface area (Å²) in [7, 11) is 1.49. The van der Waals surface area contributed by atoms with Gasteiger partial charge in [0.05, 0.1) is 36.0 Å².